The lowest BCUT2D eigenvalue weighted by atomic mass is 9.62. The van der Waals surface area contributed by atoms with Crippen molar-refractivity contribution >= 4 is 20.6 Å². The Kier molecular flexibility index (Phi) is 10.0. The SMILES string of the molecule is C[SiH](C)OC(CCc1ccc(C(C)(C)C)c(NC(=O)CC2c3ccccc3Oc3ccccc32)c1)(C1CCCCC1)C(C)(C)C. The first kappa shape index (κ1) is 33.5. The van der Waals surface area contributed by atoms with Crippen LogP contribution in [0.5, 0.6) is 11.5 Å². The first-order valence-corrected chi connectivity index (χ1v) is 20.0. The van der Waals surface area contributed by atoms with E-state index in [4.69, 9.17) is 9.16 Å². The molecule has 0 saturated heterocycles. The summed E-state index contributed by atoms with van der Waals surface area (Å²) in [4.78, 5) is 13.9. The van der Waals surface area contributed by atoms with Crippen molar-refractivity contribution in [3.05, 3.63) is 89.0 Å². The Morgan fingerprint density at radius 1 is 0.867 bits per heavy atom. The van der Waals surface area contributed by atoms with E-state index in [0.717, 1.165) is 46.7 Å². The molecule has 0 aromatic heterocycles. The maximum absolute atomic E-state index is 13.9. The predicted octanol–water partition coefficient (Wildman–Crippen LogP) is 10.5. The van der Waals surface area contributed by atoms with Gasteiger partial charge in [-0.2, -0.15) is 0 Å². The van der Waals surface area contributed by atoms with E-state index in [1.807, 2.05) is 36.4 Å². The largest absolute Gasteiger partial charge is 0.457 e. The molecular formula is C40H55NO3Si. The van der Waals surface area contributed by atoms with E-state index in [0.29, 0.717) is 12.3 Å². The summed E-state index contributed by atoms with van der Waals surface area (Å²) in [6.07, 6.45) is 8.79. The highest BCUT2D eigenvalue weighted by molar-refractivity contribution is 6.48. The molecule has 242 valence electrons. The summed E-state index contributed by atoms with van der Waals surface area (Å²) in [7, 11) is -1.28. The second kappa shape index (κ2) is 13.5. The molecule has 1 atom stereocenters. The quantitative estimate of drug-likeness (QED) is 0.241. The maximum atomic E-state index is 13.9. The number of benzene rings is 3. The highest BCUT2D eigenvalue weighted by atomic mass is 28.3. The fourth-order valence-electron chi connectivity index (χ4n) is 7.96. The molecule has 1 aliphatic carbocycles. The van der Waals surface area contributed by atoms with Gasteiger partial charge in [-0.05, 0) is 84.9 Å². The van der Waals surface area contributed by atoms with Gasteiger partial charge in [0.2, 0.25) is 5.91 Å². The molecule has 3 aromatic rings. The van der Waals surface area contributed by atoms with Crippen molar-refractivity contribution in [2.45, 2.75) is 123 Å². The Hall–Kier alpha value is -2.89. The molecular weight excluding hydrogens is 571 g/mol. The molecule has 5 heteroatoms. The lowest BCUT2D eigenvalue weighted by Crippen LogP contribution is -2.54. The number of anilines is 1. The molecule has 1 fully saturated rings. The molecule has 1 saturated carbocycles. The third-order valence-corrected chi connectivity index (χ3v) is 11.0. The second-order valence-electron chi connectivity index (χ2n) is 15.8. The number of rotatable bonds is 9. The van der Waals surface area contributed by atoms with Gasteiger partial charge in [0.25, 0.3) is 0 Å². The number of fused-ring (bicyclic) bond motifs is 2. The van der Waals surface area contributed by atoms with Crippen molar-refractivity contribution in [2.75, 3.05) is 5.32 Å². The molecule has 5 rings (SSSR count). The van der Waals surface area contributed by atoms with Gasteiger partial charge in [-0.25, -0.2) is 0 Å². The number of ether oxygens (including phenoxy) is 1. The standard InChI is InChI=1S/C40H55NO3Si/c1-38(2,3)33-23-22-28(24-25-40(39(4,5)6,44-45(7)8)29-16-10-9-11-17-29)26-34(33)41-37(42)27-32-30-18-12-14-20-35(30)43-36-21-15-13-19-31(32)36/h12-15,18-23,26,29,32,45H,9-11,16-17,24-25,27H2,1-8H3,(H,41,42). The normalized spacial score (nSPS) is 17.3. The minimum Gasteiger partial charge on any atom is -0.457 e. The van der Waals surface area contributed by atoms with Crippen molar-refractivity contribution < 1.29 is 14.0 Å². The van der Waals surface area contributed by atoms with Gasteiger partial charge in [0.05, 0.1) is 5.60 Å². The van der Waals surface area contributed by atoms with Crippen LogP contribution in [-0.2, 0) is 21.1 Å². The summed E-state index contributed by atoms with van der Waals surface area (Å²) in [6.45, 7) is 18.5. The van der Waals surface area contributed by atoms with Gasteiger partial charge < -0.3 is 14.5 Å². The highest BCUT2D eigenvalue weighted by Gasteiger charge is 2.49. The Morgan fingerprint density at radius 2 is 1.47 bits per heavy atom. The van der Waals surface area contributed by atoms with Crippen LogP contribution in [0, 0.1) is 11.3 Å². The van der Waals surface area contributed by atoms with Gasteiger partial charge in [0.1, 0.15) is 11.5 Å². The average Bonchev–Trinajstić information content (AvgIpc) is 2.98. The first-order valence-electron chi connectivity index (χ1n) is 17.3. The minimum atomic E-state index is -1.28. The molecule has 0 bridgehead atoms. The smallest absolute Gasteiger partial charge is 0.225 e. The lowest BCUT2D eigenvalue weighted by molar-refractivity contribution is -0.116. The summed E-state index contributed by atoms with van der Waals surface area (Å²) >= 11 is 0. The Labute approximate surface area is 274 Å². The van der Waals surface area contributed by atoms with Gasteiger partial charge >= 0.3 is 0 Å². The van der Waals surface area contributed by atoms with Crippen LogP contribution >= 0.6 is 0 Å². The topological polar surface area (TPSA) is 47.6 Å². The number of aryl methyl sites for hydroxylation is 1. The van der Waals surface area contributed by atoms with Crippen LogP contribution in [0.4, 0.5) is 5.69 Å². The van der Waals surface area contributed by atoms with Crippen molar-refractivity contribution in [1.29, 1.82) is 0 Å². The van der Waals surface area contributed by atoms with Crippen LogP contribution in [-0.4, -0.2) is 20.5 Å². The van der Waals surface area contributed by atoms with E-state index >= 15 is 0 Å². The molecule has 0 radical (unpaired) electrons. The van der Waals surface area contributed by atoms with Crippen LogP contribution in [0.25, 0.3) is 0 Å². The number of amides is 1. The van der Waals surface area contributed by atoms with Crippen LogP contribution in [0.15, 0.2) is 66.7 Å². The molecule has 3 aromatic carbocycles. The second-order valence-corrected chi connectivity index (χ2v) is 18.1. The van der Waals surface area contributed by atoms with E-state index in [-0.39, 0.29) is 28.3 Å². The van der Waals surface area contributed by atoms with Crippen molar-refractivity contribution in [3.8, 4) is 11.5 Å². The number of hydrogen-bond donors (Lipinski definition) is 1. The van der Waals surface area contributed by atoms with Gasteiger partial charge in [-0.1, -0.05) is 109 Å². The van der Waals surface area contributed by atoms with Crippen molar-refractivity contribution in [2.24, 2.45) is 11.3 Å². The molecule has 4 nitrogen and oxygen atoms in total. The molecule has 1 heterocycles. The van der Waals surface area contributed by atoms with Gasteiger partial charge in [-0.15, -0.1) is 0 Å². The zero-order valence-electron chi connectivity index (χ0n) is 29.0. The Balaban J connectivity index is 1.42. The fourth-order valence-corrected chi connectivity index (χ4v) is 9.47. The number of carbonyl (C=O) groups is 1. The maximum Gasteiger partial charge on any atom is 0.225 e. The van der Waals surface area contributed by atoms with E-state index in [9.17, 15) is 4.79 Å². The number of para-hydroxylation sites is 2. The molecule has 1 aliphatic heterocycles. The number of carbonyl (C=O) groups excluding carboxylic acids is 1. The van der Waals surface area contributed by atoms with Gasteiger partial charge in [0, 0.05) is 29.2 Å². The summed E-state index contributed by atoms with van der Waals surface area (Å²) in [5.41, 5.74) is 5.28. The predicted molar refractivity (Wildman–Crippen MR) is 190 cm³/mol. The van der Waals surface area contributed by atoms with Gasteiger partial charge in [-0.3, -0.25) is 4.79 Å². The van der Waals surface area contributed by atoms with Crippen molar-refractivity contribution in [1.82, 2.24) is 0 Å². The monoisotopic (exact) mass is 625 g/mol. The van der Waals surface area contributed by atoms with Gasteiger partial charge in [0.15, 0.2) is 9.04 Å². The van der Waals surface area contributed by atoms with E-state index in [1.165, 1.54) is 37.7 Å². The van der Waals surface area contributed by atoms with E-state index in [1.54, 1.807) is 0 Å². The summed E-state index contributed by atoms with van der Waals surface area (Å²) in [5.74, 6) is 2.22. The van der Waals surface area contributed by atoms with Crippen LogP contribution in [0.2, 0.25) is 13.1 Å². The molecule has 1 N–H and O–H groups in total. The molecule has 2 aliphatic rings. The molecule has 1 unspecified atom stereocenters. The number of hydrogen-bond acceptors (Lipinski definition) is 3. The molecule has 1 amide bonds. The zero-order chi connectivity index (χ0) is 32.4. The molecule has 0 spiro atoms. The van der Waals surface area contributed by atoms with E-state index < -0.39 is 9.04 Å². The number of nitrogens with one attached hydrogen (secondary N) is 1. The van der Waals surface area contributed by atoms with Crippen LogP contribution in [0.1, 0.15) is 115 Å². The third-order valence-electron chi connectivity index (χ3n) is 10.1. The summed E-state index contributed by atoms with van der Waals surface area (Å²) in [5, 5.41) is 3.39. The van der Waals surface area contributed by atoms with Crippen LogP contribution < -0.4 is 10.1 Å². The lowest BCUT2D eigenvalue weighted by Gasteiger charge is -2.53. The summed E-state index contributed by atoms with van der Waals surface area (Å²) in [6, 6.07) is 22.9. The summed E-state index contributed by atoms with van der Waals surface area (Å²) < 4.78 is 13.3. The zero-order valence-corrected chi connectivity index (χ0v) is 30.1. The Bertz CT molecular complexity index is 1430. The average molecular weight is 626 g/mol. The first-order chi connectivity index (χ1) is 21.3. The third kappa shape index (κ3) is 7.41. The highest BCUT2D eigenvalue weighted by Crippen LogP contribution is 2.49. The Morgan fingerprint density at radius 3 is 2.02 bits per heavy atom. The molecule has 45 heavy (non-hydrogen) atoms. The van der Waals surface area contributed by atoms with E-state index in [2.05, 4.69) is 90.3 Å². The minimum absolute atomic E-state index is 0.0227. The fraction of sp³-hybridized carbons (Fsp3) is 0.525. The van der Waals surface area contributed by atoms with Crippen molar-refractivity contribution in [3.63, 3.8) is 0 Å². The van der Waals surface area contributed by atoms with Crippen LogP contribution in [0.3, 0.4) is 0 Å².